The van der Waals surface area contributed by atoms with Crippen molar-refractivity contribution in [3.63, 3.8) is 0 Å². The van der Waals surface area contributed by atoms with Crippen LogP contribution in [-0.4, -0.2) is 46.9 Å². The molecule has 0 aliphatic heterocycles. The quantitative estimate of drug-likeness (QED) is 0.542. The fraction of sp³-hybridized carbons (Fsp3) is 0.833. The van der Waals surface area contributed by atoms with E-state index in [0.717, 1.165) is 4.90 Å². The van der Waals surface area contributed by atoms with Crippen molar-refractivity contribution >= 4 is 18.2 Å². The van der Waals surface area contributed by atoms with E-state index in [9.17, 15) is 14.4 Å². The molecule has 0 heterocycles. The summed E-state index contributed by atoms with van der Waals surface area (Å²) in [5.41, 5.74) is -1.65. The monoisotopic (exact) mass is 359 g/mol. The highest BCUT2D eigenvalue weighted by Gasteiger charge is 2.43. The fourth-order valence-corrected chi connectivity index (χ4v) is 1.97. The number of hydrogen-bond donors (Lipinski definition) is 0. The summed E-state index contributed by atoms with van der Waals surface area (Å²) < 4.78 is 15.7. The van der Waals surface area contributed by atoms with E-state index in [-0.39, 0.29) is 12.5 Å². The van der Waals surface area contributed by atoms with Crippen molar-refractivity contribution in [2.75, 3.05) is 6.61 Å². The molecule has 0 aromatic rings. The van der Waals surface area contributed by atoms with Crippen molar-refractivity contribution in [2.24, 2.45) is 5.92 Å². The normalized spacial score (nSPS) is 14.3. The molecule has 0 aliphatic carbocycles. The summed E-state index contributed by atoms with van der Waals surface area (Å²) in [7, 11) is 0. The van der Waals surface area contributed by atoms with Crippen LogP contribution < -0.4 is 0 Å². The van der Waals surface area contributed by atoms with Crippen LogP contribution in [0.5, 0.6) is 0 Å². The summed E-state index contributed by atoms with van der Waals surface area (Å²) in [6.07, 6.45) is -1.30. The van der Waals surface area contributed by atoms with Gasteiger partial charge in [-0.25, -0.2) is 14.4 Å². The number of esters is 1. The third kappa shape index (κ3) is 8.23. The molecular weight excluding hydrogens is 326 g/mol. The molecule has 0 N–H and O–H groups in total. The largest absolute Gasteiger partial charge is 0.464 e. The number of nitrogens with zero attached hydrogens (tertiary/aromatic N) is 1. The van der Waals surface area contributed by atoms with Crippen LogP contribution >= 0.6 is 0 Å². The molecule has 25 heavy (non-hydrogen) atoms. The molecule has 0 rings (SSSR count). The molecule has 146 valence electrons. The average molecular weight is 359 g/mol. The standard InChI is InChI=1S/C18H33NO6/c1-10-12(3)13(14(20)23-11-2)19(15(21)24-17(4,5)6)16(22)25-18(7,8)9/h12-13H,10-11H2,1-9H3/t12-,13-/m1/s1. The van der Waals surface area contributed by atoms with Gasteiger partial charge in [0.05, 0.1) is 6.61 Å². The van der Waals surface area contributed by atoms with E-state index in [1.54, 1.807) is 55.4 Å². The molecule has 0 aliphatic rings. The third-order valence-electron chi connectivity index (χ3n) is 3.17. The predicted molar refractivity (Wildman–Crippen MR) is 94.2 cm³/mol. The van der Waals surface area contributed by atoms with E-state index in [0.29, 0.717) is 6.42 Å². The average Bonchev–Trinajstić information content (AvgIpc) is 2.39. The Labute approximate surface area is 151 Å². The first-order valence-corrected chi connectivity index (χ1v) is 8.65. The summed E-state index contributed by atoms with van der Waals surface area (Å²) in [4.78, 5) is 38.5. The summed E-state index contributed by atoms with van der Waals surface area (Å²) in [6.45, 7) is 15.5. The molecule has 0 bridgehead atoms. The SMILES string of the molecule is CCOC(=O)[C@@H]([C@H](C)CC)N(C(=O)OC(C)(C)C)C(=O)OC(C)(C)C. The van der Waals surface area contributed by atoms with Gasteiger partial charge in [-0.05, 0) is 54.4 Å². The number of rotatable bonds is 5. The van der Waals surface area contributed by atoms with Gasteiger partial charge in [0, 0.05) is 0 Å². The molecule has 2 amide bonds. The zero-order chi connectivity index (χ0) is 20.0. The van der Waals surface area contributed by atoms with Crippen LogP contribution in [0.4, 0.5) is 9.59 Å². The molecule has 0 aromatic carbocycles. The van der Waals surface area contributed by atoms with Crippen LogP contribution in [0.15, 0.2) is 0 Å². The maximum Gasteiger partial charge on any atom is 0.420 e. The second-order valence-corrected chi connectivity index (χ2v) is 7.91. The van der Waals surface area contributed by atoms with Crippen LogP contribution in [0, 0.1) is 5.92 Å². The van der Waals surface area contributed by atoms with E-state index in [1.807, 2.05) is 6.92 Å². The van der Waals surface area contributed by atoms with Crippen molar-refractivity contribution in [3.8, 4) is 0 Å². The zero-order valence-corrected chi connectivity index (χ0v) is 17.0. The topological polar surface area (TPSA) is 82.1 Å². The Balaban J connectivity index is 5.89. The number of imide groups is 1. The lowest BCUT2D eigenvalue weighted by molar-refractivity contribution is -0.151. The second kappa shape index (κ2) is 9.06. The van der Waals surface area contributed by atoms with Crippen LogP contribution in [-0.2, 0) is 19.0 Å². The molecule has 0 saturated heterocycles. The van der Waals surface area contributed by atoms with Gasteiger partial charge in [0.2, 0.25) is 0 Å². The smallest absolute Gasteiger partial charge is 0.420 e. The number of carbonyl (C=O) groups is 3. The number of hydrogen-bond acceptors (Lipinski definition) is 6. The highest BCUT2D eigenvalue weighted by Crippen LogP contribution is 2.23. The van der Waals surface area contributed by atoms with E-state index in [4.69, 9.17) is 14.2 Å². The Morgan fingerprint density at radius 2 is 1.28 bits per heavy atom. The van der Waals surface area contributed by atoms with Crippen molar-refractivity contribution in [1.29, 1.82) is 0 Å². The highest BCUT2D eigenvalue weighted by molar-refractivity contribution is 5.94. The minimum absolute atomic E-state index is 0.141. The van der Waals surface area contributed by atoms with Gasteiger partial charge in [-0.2, -0.15) is 4.90 Å². The van der Waals surface area contributed by atoms with Gasteiger partial charge in [-0.3, -0.25) is 0 Å². The minimum Gasteiger partial charge on any atom is -0.464 e. The first-order chi connectivity index (χ1) is 11.2. The van der Waals surface area contributed by atoms with Crippen LogP contribution in [0.2, 0.25) is 0 Å². The van der Waals surface area contributed by atoms with Gasteiger partial charge in [-0.15, -0.1) is 0 Å². The third-order valence-corrected chi connectivity index (χ3v) is 3.17. The van der Waals surface area contributed by atoms with Gasteiger partial charge in [0.25, 0.3) is 0 Å². The van der Waals surface area contributed by atoms with Crippen molar-refractivity contribution in [3.05, 3.63) is 0 Å². The molecule has 0 spiro atoms. The summed E-state index contributed by atoms with van der Waals surface area (Å²) in [5.74, 6) is -0.979. The lowest BCUT2D eigenvalue weighted by atomic mass is 9.98. The summed E-state index contributed by atoms with van der Waals surface area (Å²) in [6, 6.07) is -1.12. The first kappa shape index (κ1) is 23.2. The second-order valence-electron chi connectivity index (χ2n) is 7.91. The minimum atomic E-state index is -1.12. The maximum atomic E-state index is 12.7. The Morgan fingerprint density at radius 1 is 0.880 bits per heavy atom. The molecule has 0 saturated carbocycles. The number of ether oxygens (including phenoxy) is 3. The molecule has 0 aromatic heterocycles. The zero-order valence-electron chi connectivity index (χ0n) is 17.0. The van der Waals surface area contributed by atoms with Gasteiger partial charge in [0.15, 0.2) is 0 Å². The molecule has 0 fully saturated rings. The van der Waals surface area contributed by atoms with Crippen LogP contribution in [0.1, 0.15) is 68.7 Å². The lowest BCUT2D eigenvalue weighted by Gasteiger charge is -2.34. The van der Waals surface area contributed by atoms with E-state index >= 15 is 0 Å². The summed E-state index contributed by atoms with van der Waals surface area (Å²) in [5, 5.41) is 0. The van der Waals surface area contributed by atoms with Gasteiger partial charge in [-0.1, -0.05) is 20.3 Å². The van der Waals surface area contributed by atoms with E-state index in [1.165, 1.54) is 0 Å². The Hall–Kier alpha value is -1.79. The predicted octanol–water partition coefficient (Wildman–Crippen LogP) is 4.14. The van der Waals surface area contributed by atoms with Gasteiger partial charge < -0.3 is 14.2 Å². The Morgan fingerprint density at radius 3 is 1.56 bits per heavy atom. The maximum absolute atomic E-state index is 12.7. The van der Waals surface area contributed by atoms with E-state index in [2.05, 4.69) is 0 Å². The van der Waals surface area contributed by atoms with Gasteiger partial charge >= 0.3 is 18.2 Å². The van der Waals surface area contributed by atoms with Crippen LogP contribution in [0.25, 0.3) is 0 Å². The molecule has 2 atom stereocenters. The van der Waals surface area contributed by atoms with Crippen molar-refractivity contribution in [2.45, 2.75) is 86.0 Å². The first-order valence-electron chi connectivity index (χ1n) is 8.65. The molecule has 7 nitrogen and oxygen atoms in total. The molecule has 0 radical (unpaired) electrons. The lowest BCUT2D eigenvalue weighted by Crippen LogP contribution is -2.54. The summed E-state index contributed by atoms with van der Waals surface area (Å²) >= 11 is 0. The van der Waals surface area contributed by atoms with Crippen molar-refractivity contribution in [1.82, 2.24) is 4.90 Å². The molecule has 0 unspecified atom stereocenters. The number of amides is 2. The number of carbonyl (C=O) groups excluding carboxylic acids is 3. The van der Waals surface area contributed by atoms with Crippen molar-refractivity contribution < 1.29 is 28.6 Å². The van der Waals surface area contributed by atoms with Gasteiger partial charge in [0.1, 0.15) is 17.2 Å². The van der Waals surface area contributed by atoms with Crippen LogP contribution in [0.3, 0.4) is 0 Å². The highest BCUT2D eigenvalue weighted by atomic mass is 16.6. The molecule has 7 heteroatoms. The Kier molecular flexibility index (Phi) is 8.41. The molecular formula is C18H33NO6. The Bertz CT molecular complexity index is 447. The van der Waals surface area contributed by atoms with E-state index < -0.39 is 35.4 Å². The fourth-order valence-electron chi connectivity index (χ4n) is 1.97.